The fraction of sp³-hybridized carbons (Fsp3) is 0.650. The van der Waals surface area contributed by atoms with Gasteiger partial charge in [-0.15, -0.1) is 0 Å². The minimum absolute atomic E-state index is 0.0171. The molecule has 0 saturated carbocycles. The topological polar surface area (TPSA) is 75.7 Å². The highest BCUT2D eigenvalue weighted by Crippen LogP contribution is 2.29. The van der Waals surface area contributed by atoms with Crippen molar-refractivity contribution in [3.05, 3.63) is 23.8 Å². The summed E-state index contributed by atoms with van der Waals surface area (Å²) in [6, 6.07) is 5.05. The smallest absolute Gasteiger partial charge is 0.243 e. The first-order valence-corrected chi connectivity index (χ1v) is 11.1. The van der Waals surface area contributed by atoms with Crippen LogP contribution in [0.4, 0.5) is 0 Å². The third-order valence-corrected chi connectivity index (χ3v) is 6.46. The normalized spacial score (nSPS) is 15.1. The van der Waals surface area contributed by atoms with Crippen LogP contribution in [-0.4, -0.2) is 44.4 Å². The quantitative estimate of drug-likeness (QED) is 0.696. The molecule has 1 aliphatic heterocycles. The first-order chi connectivity index (χ1) is 12.6. The average molecular weight is 397 g/mol. The van der Waals surface area contributed by atoms with Crippen molar-refractivity contribution in [2.45, 2.75) is 58.4 Å². The third-order valence-electron chi connectivity index (χ3n) is 4.60. The summed E-state index contributed by atoms with van der Waals surface area (Å²) in [5, 5.41) is 2.93. The van der Waals surface area contributed by atoms with Gasteiger partial charge >= 0.3 is 0 Å². The molecule has 1 unspecified atom stereocenters. The number of ether oxygens (including phenoxy) is 1. The Morgan fingerprint density at radius 3 is 2.56 bits per heavy atom. The molecule has 0 spiro atoms. The van der Waals surface area contributed by atoms with Crippen molar-refractivity contribution in [3.8, 4) is 5.75 Å². The standard InChI is InChI=1S/C20H32N2O4S/c1-14(2)13-22(10-8-16(5)21-20(23)15(3)4)27(24,25)18-7-6-17-9-11-26-19(17)12-18/h6-7,12,14-16H,8-11,13H2,1-5H3,(H,21,23). The van der Waals surface area contributed by atoms with Crippen molar-refractivity contribution in [2.75, 3.05) is 19.7 Å². The molecule has 7 heteroatoms. The molecule has 1 aliphatic rings. The number of fused-ring (bicyclic) bond motifs is 1. The fourth-order valence-corrected chi connectivity index (χ4v) is 4.63. The Balaban J connectivity index is 2.13. The summed E-state index contributed by atoms with van der Waals surface area (Å²) in [4.78, 5) is 12.1. The molecule has 1 N–H and O–H groups in total. The maximum atomic E-state index is 13.2. The lowest BCUT2D eigenvalue weighted by molar-refractivity contribution is -0.124. The maximum Gasteiger partial charge on any atom is 0.243 e. The molecule has 0 radical (unpaired) electrons. The number of carbonyl (C=O) groups is 1. The fourth-order valence-electron chi connectivity index (χ4n) is 2.99. The van der Waals surface area contributed by atoms with Gasteiger partial charge in [-0.3, -0.25) is 4.79 Å². The number of nitrogens with zero attached hydrogens (tertiary/aromatic N) is 1. The molecule has 0 fully saturated rings. The zero-order valence-electron chi connectivity index (χ0n) is 17.0. The van der Waals surface area contributed by atoms with Gasteiger partial charge in [0.25, 0.3) is 0 Å². The van der Waals surface area contributed by atoms with E-state index in [2.05, 4.69) is 5.32 Å². The highest BCUT2D eigenvalue weighted by molar-refractivity contribution is 7.89. The SMILES string of the molecule is CC(C)CN(CCC(C)NC(=O)C(C)C)S(=O)(=O)c1ccc2c(c1)OCC2. The highest BCUT2D eigenvalue weighted by Gasteiger charge is 2.27. The van der Waals surface area contributed by atoms with Crippen LogP contribution in [0.15, 0.2) is 23.1 Å². The van der Waals surface area contributed by atoms with Gasteiger partial charge in [0.1, 0.15) is 5.75 Å². The minimum Gasteiger partial charge on any atom is -0.493 e. The molecule has 1 atom stereocenters. The van der Waals surface area contributed by atoms with E-state index in [0.717, 1.165) is 12.0 Å². The Hall–Kier alpha value is -1.60. The molecule has 0 aromatic heterocycles. The molecular formula is C20H32N2O4S. The molecule has 6 nitrogen and oxygen atoms in total. The van der Waals surface area contributed by atoms with Gasteiger partial charge in [-0.1, -0.05) is 33.8 Å². The lowest BCUT2D eigenvalue weighted by atomic mass is 10.1. The zero-order chi connectivity index (χ0) is 20.2. The summed E-state index contributed by atoms with van der Waals surface area (Å²) >= 11 is 0. The number of benzene rings is 1. The Morgan fingerprint density at radius 1 is 1.22 bits per heavy atom. The van der Waals surface area contributed by atoms with E-state index in [0.29, 0.717) is 31.9 Å². The molecule has 27 heavy (non-hydrogen) atoms. The van der Waals surface area contributed by atoms with Crippen molar-refractivity contribution in [2.24, 2.45) is 11.8 Å². The van der Waals surface area contributed by atoms with Crippen LogP contribution in [0.25, 0.3) is 0 Å². The number of nitrogens with one attached hydrogen (secondary N) is 1. The van der Waals surface area contributed by atoms with Crippen LogP contribution >= 0.6 is 0 Å². The summed E-state index contributed by atoms with van der Waals surface area (Å²) in [5.41, 5.74) is 1.05. The predicted octanol–water partition coefficient (Wildman–Crippen LogP) is 2.82. The molecule has 152 valence electrons. The monoisotopic (exact) mass is 396 g/mol. The molecule has 1 heterocycles. The van der Waals surface area contributed by atoms with Crippen molar-refractivity contribution in [1.29, 1.82) is 0 Å². The Labute approximate surface area is 163 Å². The first-order valence-electron chi connectivity index (χ1n) is 9.67. The number of sulfonamides is 1. The summed E-state index contributed by atoms with van der Waals surface area (Å²) in [7, 11) is -3.62. The lowest BCUT2D eigenvalue weighted by Crippen LogP contribution is -2.40. The highest BCUT2D eigenvalue weighted by atomic mass is 32.2. The van der Waals surface area contributed by atoms with Gasteiger partial charge in [0, 0.05) is 37.5 Å². The Kier molecular flexibility index (Phi) is 7.28. The van der Waals surface area contributed by atoms with Crippen molar-refractivity contribution in [3.63, 3.8) is 0 Å². The first kappa shape index (κ1) is 21.7. The second-order valence-corrected chi connectivity index (χ2v) is 9.92. The van der Waals surface area contributed by atoms with Gasteiger partial charge < -0.3 is 10.1 Å². The van der Waals surface area contributed by atoms with E-state index in [1.165, 1.54) is 4.31 Å². The van der Waals surface area contributed by atoms with E-state index >= 15 is 0 Å². The predicted molar refractivity (Wildman–Crippen MR) is 106 cm³/mol. The van der Waals surface area contributed by atoms with Gasteiger partial charge in [-0.2, -0.15) is 4.31 Å². The van der Waals surface area contributed by atoms with Crippen LogP contribution in [0.1, 0.15) is 46.6 Å². The van der Waals surface area contributed by atoms with Crippen molar-refractivity contribution < 1.29 is 17.9 Å². The van der Waals surface area contributed by atoms with E-state index in [9.17, 15) is 13.2 Å². The second-order valence-electron chi connectivity index (χ2n) is 7.98. The minimum atomic E-state index is -3.62. The van der Waals surface area contributed by atoms with Gasteiger partial charge in [0.15, 0.2) is 0 Å². The van der Waals surface area contributed by atoms with Crippen LogP contribution in [0.2, 0.25) is 0 Å². The van der Waals surface area contributed by atoms with Crippen LogP contribution in [0.3, 0.4) is 0 Å². The van der Waals surface area contributed by atoms with Gasteiger partial charge in [0.05, 0.1) is 11.5 Å². The zero-order valence-corrected chi connectivity index (χ0v) is 17.8. The molecule has 2 rings (SSSR count). The third kappa shape index (κ3) is 5.69. The van der Waals surface area contributed by atoms with E-state index < -0.39 is 10.0 Å². The van der Waals surface area contributed by atoms with Crippen LogP contribution in [0.5, 0.6) is 5.75 Å². The van der Waals surface area contributed by atoms with E-state index in [4.69, 9.17) is 4.74 Å². The van der Waals surface area contributed by atoms with Crippen LogP contribution in [-0.2, 0) is 21.2 Å². The molecule has 0 bridgehead atoms. The number of carbonyl (C=O) groups excluding carboxylic acids is 1. The number of rotatable bonds is 9. The molecule has 1 aromatic rings. The Morgan fingerprint density at radius 2 is 1.93 bits per heavy atom. The number of amides is 1. The van der Waals surface area contributed by atoms with E-state index in [1.807, 2.05) is 40.7 Å². The van der Waals surface area contributed by atoms with Crippen LogP contribution < -0.4 is 10.1 Å². The lowest BCUT2D eigenvalue weighted by Gasteiger charge is -2.26. The van der Waals surface area contributed by atoms with Gasteiger partial charge in [0.2, 0.25) is 15.9 Å². The molecule has 0 saturated heterocycles. The summed E-state index contributed by atoms with van der Waals surface area (Å²) in [6.45, 7) is 11.0. The number of hydrogen-bond donors (Lipinski definition) is 1. The maximum absolute atomic E-state index is 13.2. The number of hydrogen-bond acceptors (Lipinski definition) is 4. The van der Waals surface area contributed by atoms with E-state index in [1.54, 1.807) is 12.1 Å². The summed E-state index contributed by atoms with van der Waals surface area (Å²) < 4.78 is 33.4. The van der Waals surface area contributed by atoms with Crippen molar-refractivity contribution >= 4 is 15.9 Å². The largest absolute Gasteiger partial charge is 0.493 e. The van der Waals surface area contributed by atoms with Crippen molar-refractivity contribution in [1.82, 2.24) is 9.62 Å². The van der Waals surface area contributed by atoms with Gasteiger partial charge in [-0.05, 0) is 30.9 Å². The van der Waals surface area contributed by atoms with Crippen LogP contribution in [0, 0.1) is 11.8 Å². The molecule has 1 aromatic carbocycles. The molecule has 0 aliphatic carbocycles. The van der Waals surface area contributed by atoms with Gasteiger partial charge in [-0.25, -0.2) is 8.42 Å². The second kappa shape index (κ2) is 9.06. The summed E-state index contributed by atoms with van der Waals surface area (Å²) in [6.07, 6.45) is 1.38. The molecule has 1 amide bonds. The Bertz CT molecular complexity index is 759. The summed E-state index contributed by atoms with van der Waals surface area (Å²) in [5.74, 6) is 0.759. The average Bonchev–Trinajstić information content (AvgIpc) is 3.05. The molecular weight excluding hydrogens is 364 g/mol. The van der Waals surface area contributed by atoms with E-state index in [-0.39, 0.29) is 28.7 Å².